The quantitative estimate of drug-likeness (QED) is 0.581. The third-order valence-electron chi connectivity index (χ3n) is 1.45. The Kier molecular flexibility index (Phi) is 6.74. The van der Waals surface area contributed by atoms with Crippen LogP contribution in [0, 0.1) is 0 Å². The van der Waals surface area contributed by atoms with E-state index in [1.54, 1.807) is 12.2 Å². The second-order valence-corrected chi connectivity index (χ2v) is 2.63. The van der Waals surface area contributed by atoms with Crippen molar-refractivity contribution >= 4 is 0 Å². The standard InChI is InChI=1S/C12H12N4/c1-2-4-6-8-10-12-14-16-15-13-11-9-7-5-3-1/h1-12H/b2-1?,3-1-,4-2+,5-3?,6-4?,7-5+,8-6+,9-7?,10-8?,11-9+,12-10-,13-11?,14-12?,15-13+,16-14+,16-15?. The molecule has 1 rings (SSSR count). The first-order valence-electron chi connectivity index (χ1n) is 4.78. The van der Waals surface area contributed by atoms with Crippen LogP contribution in [-0.2, 0) is 0 Å². The molecule has 0 saturated heterocycles. The highest BCUT2D eigenvalue weighted by Gasteiger charge is 1.67. The van der Waals surface area contributed by atoms with E-state index in [-0.39, 0.29) is 0 Å². The number of hydrogen-bond acceptors (Lipinski definition) is 4. The second kappa shape index (κ2) is 9.21. The van der Waals surface area contributed by atoms with E-state index in [9.17, 15) is 0 Å². The lowest BCUT2D eigenvalue weighted by atomic mass is 10.3. The molecular weight excluding hydrogens is 200 g/mol. The number of allylic oxidation sites excluding steroid dienone is 10. The lowest BCUT2D eigenvalue weighted by molar-refractivity contribution is 0.952. The van der Waals surface area contributed by atoms with Crippen LogP contribution >= 0.6 is 0 Å². The molecule has 0 amide bonds. The fourth-order valence-electron chi connectivity index (χ4n) is 0.795. The Labute approximate surface area is 94.5 Å². The molecule has 0 atom stereocenters. The summed E-state index contributed by atoms with van der Waals surface area (Å²) in [5.41, 5.74) is 0. The topological polar surface area (TPSA) is 49.4 Å². The molecule has 0 bridgehead atoms. The molecule has 0 N–H and O–H groups in total. The first-order valence-corrected chi connectivity index (χ1v) is 4.78. The number of rotatable bonds is 0. The molecule has 4 nitrogen and oxygen atoms in total. The molecule has 0 aromatic rings. The van der Waals surface area contributed by atoms with Gasteiger partial charge in [0.2, 0.25) is 0 Å². The van der Waals surface area contributed by atoms with E-state index in [4.69, 9.17) is 0 Å². The first kappa shape index (κ1) is 11.7. The van der Waals surface area contributed by atoms with Crippen LogP contribution in [0.3, 0.4) is 0 Å². The maximum Gasteiger partial charge on any atom is 0.0514 e. The SMILES string of the molecule is C1=C\C=C\C=C\N=N\N=N\C=C/C=C/C=C/1. The Morgan fingerprint density at radius 3 is 1.06 bits per heavy atom. The van der Waals surface area contributed by atoms with Gasteiger partial charge in [0.15, 0.2) is 0 Å². The predicted octanol–water partition coefficient (Wildman–Crippen LogP) is 4.07. The summed E-state index contributed by atoms with van der Waals surface area (Å²) in [5.74, 6) is 0. The molecule has 1 aliphatic rings. The van der Waals surface area contributed by atoms with Crippen molar-refractivity contribution in [3.63, 3.8) is 0 Å². The zero-order chi connectivity index (χ0) is 11.3. The highest BCUT2D eigenvalue weighted by Crippen LogP contribution is 1.88. The molecule has 0 aromatic carbocycles. The summed E-state index contributed by atoms with van der Waals surface area (Å²) in [6, 6.07) is 0. The summed E-state index contributed by atoms with van der Waals surface area (Å²) in [5, 5.41) is 14.2. The summed E-state index contributed by atoms with van der Waals surface area (Å²) in [7, 11) is 0. The molecule has 16 heavy (non-hydrogen) atoms. The average molecular weight is 212 g/mol. The van der Waals surface area contributed by atoms with Crippen LogP contribution in [0.2, 0.25) is 0 Å². The van der Waals surface area contributed by atoms with Crippen molar-refractivity contribution in [2.24, 2.45) is 20.7 Å². The third kappa shape index (κ3) is 7.08. The van der Waals surface area contributed by atoms with Crippen molar-refractivity contribution in [3.05, 3.63) is 73.2 Å². The van der Waals surface area contributed by atoms with E-state index in [1.165, 1.54) is 12.4 Å². The molecule has 0 fully saturated rings. The molecule has 1 aliphatic heterocycles. The molecule has 4 heteroatoms. The van der Waals surface area contributed by atoms with Crippen LogP contribution in [0.15, 0.2) is 93.8 Å². The smallest absolute Gasteiger partial charge is 0.0514 e. The van der Waals surface area contributed by atoms with Crippen molar-refractivity contribution in [3.8, 4) is 0 Å². The van der Waals surface area contributed by atoms with Gasteiger partial charge in [-0.05, 0) is 22.6 Å². The van der Waals surface area contributed by atoms with Crippen LogP contribution in [0.4, 0.5) is 0 Å². The van der Waals surface area contributed by atoms with Crippen LogP contribution < -0.4 is 0 Å². The van der Waals surface area contributed by atoms with Gasteiger partial charge in [-0.3, -0.25) is 0 Å². The van der Waals surface area contributed by atoms with Gasteiger partial charge in [-0.1, -0.05) is 48.6 Å². The van der Waals surface area contributed by atoms with Gasteiger partial charge >= 0.3 is 0 Å². The lowest BCUT2D eigenvalue weighted by Gasteiger charge is -1.76. The number of hydrogen-bond donors (Lipinski definition) is 0. The highest BCUT2D eigenvalue weighted by molar-refractivity contribution is 5.19. The molecule has 80 valence electrons. The van der Waals surface area contributed by atoms with Gasteiger partial charge in [0.05, 0.1) is 12.4 Å². The van der Waals surface area contributed by atoms with Crippen LogP contribution in [-0.4, -0.2) is 0 Å². The van der Waals surface area contributed by atoms with E-state index in [0.29, 0.717) is 0 Å². The van der Waals surface area contributed by atoms with Gasteiger partial charge in [0, 0.05) is 0 Å². The molecule has 0 spiro atoms. The van der Waals surface area contributed by atoms with Gasteiger partial charge in [-0.2, -0.15) is 0 Å². The van der Waals surface area contributed by atoms with Crippen molar-refractivity contribution in [2.75, 3.05) is 0 Å². The van der Waals surface area contributed by atoms with Crippen LogP contribution in [0.1, 0.15) is 0 Å². The maximum absolute atomic E-state index is 3.64. The third-order valence-corrected chi connectivity index (χ3v) is 1.45. The van der Waals surface area contributed by atoms with Gasteiger partial charge in [0.25, 0.3) is 0 Å². The summed E-state index contributed by atoms with van der Waals surface area (Å²) in [6.45, 7) is 0. The second-order valence-electron chi connectivity index (χ2n) is 2.63. The summed E-state index contributed by atoms with van der Waals surface area (Å²) in [4.78, 5) is 0. The van der Waals surface area contributed by atoms with Gasteiger partial charge in [-0.25, -0.2) is 0 Å². The Bertz CT molecular complexity index is 255. The monoisotopic (exact) mass is 212 g/mol. The van der Waals surface area contributed by atoms with Gasteiger partial charge < -0.3 is 0 Å². The predicted molar refractivity (Wildman–Crippen MR) is 64.6 cm³/mol. The summed E-state index contributed by atoms with van der Waals surface area (Å²) < 4.78 is 0. The van der Waals surface area contributed by atoms with Crippen LogP contribution in [0.25, 0.3) is 0 Å². The molecule has 0 aromatic heterocycles. The van der Waals surface area contributed by atoms with E-state index in [1.807, 2.05) is 48.6 Å². The average Bonchev–Trinajstić information content (AvgIpc) is 2.29. The maximum atomic E-state index is 3.64. The normalized spacial score (nSPS) is 32.0. The summed E-state index contributed by atoms with van der Waals surface area (Å²) >= 11 is 0. The Hall–Kier alpha value is -2.36. The zero-order valence-corrected chi connectivity index (χ0v) is 8.72. The minimum absolute atomic E-state index is 1.54. The lowest BCUT2D eigenvalue weighted by Crippen LogP contribution is -1.54. The van der Waals surface area contributed by atoms with Gasteiger partial charge in [0.1, 0.15) is 0 Å². The minimum Gasteiger partial charge on any atom is -0.137 e. The zero-order valence-electron chi connectivity index (χ0n) is 8.72. The molecule has 0 unspecified atom stereocenters. The van der Waals surface area contributed by atoms with Crippen molar-refractivity contribution < 1.29 is 0 Å². The Balaban J connectivity index is 2.67. The van der Waals surface area contributed by atoms with E-state index in [2.05, 4.69) is 20.7 Å². The van der Waals surface area contributed by atoms with Crippen molar-refractivity contribution in [1.82, 2.24) is 0 Å². The molecule has 1 heterocycles. The minimum atomic E-state index is 1.54. The molecule has 0 saturated carbocycles. The van der Waals surface area contributed by atoms with Crippen molar-refractivity contribution in [1.29, 1.82) is 0 Å². The largest absolute Gasteiger partial charge is 0.137 e. The van der Waals surface area contributed by atoms with E-state index >= 15 is 0 Å². The number of nitrogens with zero attached hydrogens (tertiary/aromatic N) is 4. The summed E-state index contributed by atoms with van der Waals surface area (Å²) in [6.07, 6.45) is 21.8. The molecular formula is C12H12N4. The molecule has 0 aliphatic carbocycles. The van der Waals surface area contributed by atoms with Gasteiger partial charge in [-0.15, -0.1) is 10.2 Å². The first-order chi connectivity index (χ1) is 8.00. The van der Waals surface area contributed by atoms with E-state index in [0.717, 1.165) is 0 Å². The Morgan fingerprint density at radius 2 is 0.688 bits per heavy atom. The van der Waals surface area contributed by atoms with Crippen molar-refractivity contribution in [2.45, 2.75) is 0 Å². The highest BCUT2D eigenvalue weighted by atomic mass is 15.4. The fourth-order valence-corrected chi connectivity index (χ4v) is 0.795. The van der Waals surface area contributed by atoms with Crippen LogP contribution in [0.5, 0.6) is 0 Å². The fraction of sp³-hybridized carbons (Fsp3) is 0. The van der Waals surface area contributed by atoms with E-state index < -0.39 is 0 Å². The molecule has 0 radical (unpaired) electrons. The Morgan fingerprint density at radius 1 is 0.375 bits per heavy atom.